The fourth-order valence-electron chi connectivity index (χ4n) is 8.67. The highest BCUT2D eigenvalue weighted by molar-refractivity contribution is 6.00. The molecule has 1 atom stereocenters. The third kappa shape index (κ3) is 7.86. The van der Waals surface area contributed by atoms with E-state index < -0.39 is 29.1 Å². The minimum atomic E-state index is -0.874. The number of likely N-dealkylation sites (tertiary alicyclic amines) is 1. The number of aromatic nitrogens is 2. The average molecular weight is 748 g/mol. The summed E-state index contributed by atoms with van der Waals surface area (Å²) >= 11 is 0. The lowest BCUT2D eigenvalue weighted by atomic mass is 9.85. The highest BCUT2D eigenvalue weighted by Crippen LogP contribution is 2.36. The van der Waals surface area contributed by atoms with Crippen LogP contribution in [0.25, 0.3) is 11.0 Å². The molecule has 1 aliphatic carbocycles. The Labute approximate surface area is 315 Å². The maximum absolute atomic E-state index is 15.8. The molecule has 0 spiro atoms. The number of piperazine rings is 1. The SMILES string of the molecule is COc1ccc(CN2C(=O)CCC(n3c(=O)n(C)c4c(N5CCC(CN6CCN(C7CC(NC(=O)OC(C)(C)C)C7)CC6)CC5)c(F)ccc43)C2=O)cc1. The van der Waals surface area contributed by atoms with E-state index in [9.17, 15) is 19.2 Å². The van der Waals surface area contributed by atoms with E-state index in [4.69, 9.17) is 9.47 Å². The number of halogens is 1. The van der Waals surface area contributed by atoms with E-state index in [-0.39, 0.29) is 37.4 Å². The number of aryl methyl sites for hydroxylation is 1. The number of fused-ring (bicyclic) bond motifs is 1. The van der Waals surface area contributed by atoms with Crippen molar-refractivity contribution in [3.63, 3.8) is 0 Å². The van der Waals surface area contributed by atoms with E-state index >= 15 is 4.39 Å². The predicted molar refractivity (Wildman–Crippen MR) is 203 cm³/mol. The van der Waals surface area contributed by atoms with Crippen LogP contribution in [0.3, 0.4) is 0 Å². The maximum atomic E-state index is 15.8. The van der Waals surface area contributed by atoms with Gasteiger partial charge in [-0.3, -0.25) is 28.5 Å². The summed E-state index contributed by atoms with van der Waals surface area (Å²) in [7, 11) is 3.20. The third-order valence-corrected chi connectivity index (χ3v) is 11.7. The summed E-state index contributed by atoms with van der Waals surface area (Å²) < 4.78 is 29.3. The minimum Gasteiger partial charge on any atom is -0.497 e. The monoisotopic (exact) mass is 747 g/mol. The lowest BCUT2D eigenvalue weighted by Gasteiger charge is -2.47. The first-order chi connectivity index (χ1) is 25.8. The highest BCUT2D eigenvalue weighted by Gasteiger charge is 2.39. The van der Waals surface area contributed by atoms with Crippen LogP contribution in [0.1, 0.15) is 70.9 Å². The van der Waals surface area contributed by atoms with Gasteiger partial charge < -0.3 is 24.6 Å². The quantitative estimate of drug-likeness (QED) is 0.320. The largest absolute Gasteiger partial charge is 0.497 e. The topological polar surface area (TPSA) is 122 Å². The first-order valence-corrected chi connectivity index (χ1v) is 19.4. The summed E-state index contributed by atoms with van der Waals surface area (Å²) in [6.07, 6.45) is 3.72. The van der Waals surface area contributed by atoms with Gasteiger partial charge in [0.15, 0.2) is 0 Å². The molecule has 4 aliphatic rings. The number of imide groups is 1. The van der Waals surface area contributed by atoms with Crippen molar-refractivity contribution in [1.82, 2.24) is 29.2 Å². The zero-order valence-electron chi connectivity index (χ0n) is 32.2. The predicted octanol–water partition coefficient (Wildman–Crippen LogP) is 4.27. The molecule has 4 fully saturated rings. The van der Waals surface area contributed by atoms with Crippen molar-refractivity contribution in [1.29, 1.82) is 0 Å². The molecule has 54 heavy (non-hydrogen) atoms. The summed E-state index contributed by atoms with van der Waals surface area (Å²) in [6.45, 7) is 12.1. The first-order valence-electron chi connectivity index (χ1n) is 19.4. The van der Waals surface area contributed by atoms with Crippen LogP contribution in [-0.4, -0.2) is 112 Å². The van der Waals surface area contributed by atoms with Crippen LogP contribution in [0.2, 0.25) is 0 Å². The smallest absolute Gasteiger partial charge is 0.407 e. The van der Waals surface area contributed by atoms with Gasteiger partial charge in [0, 0.05) is 71.4 Å². The van der Waals surface area contributed by atoms with Crippen LogP contribution >= 0.6 is 0 Å². The Hall–Kier alpha value is -4.43. The number of rotatable bonds is 9. The molecule has 1 aromatic heterocycles. The lowest BCUT2D eigenvalue weighted by Crippen LogP contribution is -2.59. The Morgan fingerprint density at radius 2 is 1.61 bits per heavy atom. The summed E-state index contributed by atoms with van der Waals surface area (Å²) in [6, 6.07) is 9.96. The first kappa shape index (κ1) is 37.9. The van der Waals surface area contributed by atoms with E-state index in [1.807, 2.05) is 32.9 Å². The number of ether oxygens (including phenoxy) is 2. The lowest BCUT2D eigenvalue weighted by molar-refractivity contribution is -0.151. The van der Waals surface area contributed by atoms with Gasteiger partial charge in [0.2, 0.25) is 5.91 Å². The number of methoxy groups -OCH3 is 1. The maximum Gasteiger partial charge on any atom is 0.407 e. The molecule has 7 rings (SSSR count). The van der Waals surface area contributed by atoms with Gasteiger partial charge in [-0.2, -0.15) is 0 Å². The Kier molecular flexibility index (Phi) is 10.8. The van der Waals surface area contributed by atoms with Gasteiger partial charge >= 0.3 is 11.8 Å². The van der Waals surface area contributed by atoms with Crippen molar-refractivity contribution < 1.29 is 28.2 Å². The molecule has 1 saturated carbocycles. The molecule has 3 saturated heterocycles. The molecule has 3 aromatic rings. The number of hydrogen-bond donors (Lipinski definition) is 1. The number of imidazole rings is 1. The van der Waals surface area contributed by atoms with E-state index in [0.29, 0.717) is 47.5 Å². The summed E-state index contributed by atoms with van der Waals surface area (Å²) in [5, 5.41) is 3.00. The normalized spacial score (nSPS) is 23.5. The van der Waals surface area contributed by atoms with Crippen molar-refractivity contribution in [2.45, 2.75) is 89.6 Å². The summed E-state index contributed by atoms with van der Waals surface area (Å²) in [5.41, 5.74) is 1.24. The number of piperidine rings is 2. The number of alkyl carbamates (subject to hydrolysis) is 1. The van der Waals surface area contributed by atoms with Crippen LogP contribution in [0.4, 0.5) is 14.9 Å². The highest BCUT2D eigenvalue weighted by atomic mass is 19.1. The van der Waals surface area contributed by atoms with Crippen molar-refractivity contribution in [3.05, 3.63) is 58.3 Å². The molecule has 292 valence electrons. The van der Waals surface area contributed by atoms with Crippen molar-refractivity contribution >= 4 is 34.6 Å². The number of amides is 3. The molecule has 3 amide bonds. The molecule has 1 N–H and O–H groups in total. The number of benzene rings is 2. The number of nitrogens with one attached hydrogen (secondary N) is 1. The van der Waals surface area contributed by atoms with Gasteiger partial charge in [-0.05, 0) is 88.6 Å². The average Bonchev–Trinajstić information content (AvgIpc) is 3.37. The molecular formula is C40H54FN7O6. The molecule has 1 unspecified atom stereocenters. The Balaban J connectivity index is 0.956. The third-order valence-electron chi connectivity index (χ3n) is 11.7. The zero-order valence-corrected chi connectivity index (χ0v) is 32.2. The molecule has 14 heteroatoms. The van der Waals surface area contributed by atoms with Gasteiger partial charge in [-0.25, -0.2) is 14.0 Å². The second-order valence-electron chi connectivity index (χ2n) is 16.4. The number of hydrogen-bond acceptors (Lipinski definition) is 9. The van der Waals surface area contributed by atoms with Crippen LogP contribution < -0.4 is 20.6 Å². The van der Waals surface area contributed by atoms with Gasteiger partial charge in [-0.1, -0.05) is 12.1 Å². The number of nitrogens with zero attached hydrogens (tertiary/aromatic N) is 6. The molecule has 2 aromatic carbocycles. The van der Waals surface area contributed by atoms with E-state index in [1.165, 1.54) is 20.1 Å². The minimum absolute atomic E-state index is 0.0955. The van der Waals surface area contributed by atoms with E-state index in [0.717, 1.165) is 64.0 Å². The van der Waals surface area contributed by atoms with Crippen molar-refractivity contribution in [2.24, 2.45) is 13.0 Å². The van der Waals surface area contributed by atoms with Gasteiger partial charge in [0.25, 0.3) is 5.91 Å². The van der Waals surface area contributed by atoms with Crippen molar-refractivity contribution in [2.75, 3.05) is 57.8 Å². The molecule has 0 radical (unpaired) electrons. The molecular weight excluding hydrogens is 693 g/mol. The van der Waals surface area contributed by atoms with Crippen molar-refractivity contribution in [3.8, 4) is 5.75 Å². The Morgan fingerprint density at radius 1 is 0.926 bits per heavy atom. The standard InChI is InChI=1S/C40H54FN7O6/c1-40(2,3)54-38(51)42-28-22-29(23-28)45-20-18-44(19-21-45)24-27-14-16-46(17-15-27)35-31(41)10-11-32-36(35)43(4)39(52)48(32)33-12-13-34(49)47(37(33)50)25-26-6-8-30(53-5)9-7-26/h6-11,27-29,33H,12-25H2,1-5H3,(H,42,51). The summed E-state index contributed by atoms with van der Waals surface area (Å²) in [5.74, 6) is 0.0566. The van der Waals surface area contributed by atoms with Crippen LogP contribution in [0, 0.1) is 11.7 Å². The summed E-state index contributed by atoms with van der Waals surface area (Å²) in [4.78, 5) is 61.2. The van der Waals surface area contributed by atoms with Crippen LogP contribution in [0.15, 0.2) is 41.2 Å². The Morgan fingerprint density at radius 3 is 2.26 bits per heavy atom. The fourth-order valence-corrected chi connectivity index (χ4v) is 8.67. The van der Waals surface area contributed by atoms with E-state index in [2.05, 4.69) is 20.0 Å². The molecule has 3 aliphatic heterocycles. The Bertz CT molecular complexity index is 1920. The van der Waals surface area contributed by atoms with Crippen LogP contribution in [0.5, 0.6) is 5.75 Å². The second-order valence-corrected chi connectivity index (χ2v) is 16.4. The molecule has 13 nitrogen and oxygen atoms in total. The molecule has 0 bridgehead atoms. The second kappa shape index (κ2) is 15.4. The zero-order chi connectivity index (χ0) is 38.3. The number of carbonyl (C=O) groups is 3. The van der Waals surface area contributed by atoms with Gasteiger partial charge in [0.1, 0.15) is 23.2 Å². The fraction of sp³-hybridized carbons (Fsp3) is 0.600. The van der Waals surface area contributed by atoms with E-state index in [1.54, 1.807) is 32.4 Å². The molecule has 4 heterocycles. The van der Waals surface area contributed by atoms with Gasteiger partial charge in [-0.15, -0.1) is 0 Å². The van der Waals surface area contributed by atoms with Gasteiger partial charge in [0.05, 0.1) is 30.4 Å². The number of carbonyl (C=O) groups excluding carboxylic acids is 3. The number of anilines is 1. The van der Waals surface area contributed by atoms with Crippen LogP contribution in [-0.2, 0) is 27.9 Å².